The fourth-order valence-corrected chi connectivity index (χ4v) is 4.39. The largest absolute Gasteiger partial charge is 0.465 e. The molecule has 0 radical (unpaired) electrons. The van der Waals surface area contributed by atoms with Crippen LogP contribution in [-0.4, -0.2) is 38.8 Å². The molecule has 0 atom stereocenters. The number of methoxy groups -OCH3 is 1. The van der Waals surface area contributed by atoms with Gasteiger partial charge in [0.05, 0.1) is 29.7 Å². The number of amides is 1. The number of esters is 1. The van der Waals surface area contributed by atoms with Crippen LogP contribution in [0.3, 0.4) is 0 Å². The third kappa shape index (κ3) is 5.00. The van der Waals surface area contributed by atoms with Crippen LogP contribution < -0.4 is 4.72 Å². The predicted molar refractivity (Wildman–Crippen MR) is 118 cm³/mol. The molecule has 0 saturated carbocycles. The maximum absolute atomic E-state index is 13.0. The van der Waals surface area contributed by atoms with Crippen LogP contribution in [0.5, 0.6) is 0 Å². The van der Waals surface area contributed by atoms with Crippen molar-refractivity contribution in [2.24, 2.45) is 5.92 Å². The highest BCUT2D eigenvalue weighted by molar-refractivity contribution is 7.89. The summed E-state index contributed by atoms with van der Waals surface area (Å²) in [5.41, 5.74) is 0.908. The number of hydrogen-bond acceptors (Lipinski definition) is 6. The first-order valence-electron chi connectivity index (χ1n) is 10.1. The second-order valence-electron chi connectivity index (χ2n) is 7.76. The first kappa shape index (κ1) is 23.5. The average molecular weight is 459 g/mol. The highest BCUT2D eigenvalue weighted by atomic mass is 32.2. The molecule has 170 valence electrons. The van der Waals surface area contributed by atoms with Crippen molar-refractivity contribution in [2.75, 3.05) is 13.7 Å². The van der Waals surface area contributed by atoms with Gasteiger partial charge < -0.3 is 14.1 Å². The van der Waals surface area contributed by atoms with Gasteiger partial charge in [-0.2, -0.15) is 0 Å². The minimum atomic E-state index is -3.68. The minimum absolute atomic E-state index is 0.0629. The van der Waals surface area contributed by atoms with Crippen molar-refractivity contribution in [1.82, 2.24) is 9.62 Å². The van der Waals surface area contributed by atoms with Gasteiger partial charge in [-0.25, -0.2) is 17.9 Å². The molecular formula is C23H26N2O6S. The summed E-state index contributed by atoms with van der Waals surface area (Å²) in [6.45, 7) is 6.07. The summed E-state index contributed by atoms with van der Waals surface area (Å²) in [4.78, 5) is 27.0. The lowest BCUT2D eigenvalue weighted by Gasteiger charge is -2.19. The standard InChI is InChI=1S/C23H26N2O6S/c1-15(2)14-25-16(3)21(23(27)30-4)20(22(25)26)12-17-10-11-18(31-17)13-24-32(28,29)19-8-6-5-7-9-19/h5-12,15,24H,13-14H2,1-4H3/b20-12+. The number of benzene rings is 1. The molecule has 0 unspecified atom stereocenters. The van der Waals surface area contributed by atoms with Gasteiger partial charge in [-0.3, -0.25) is 4.79 Å². The molecule has 1 aliphatic rings. The first-order valence-corrected chi connectivity index (χ1v) is 11.6. The lowest BCUT2D eigenvalue weighted by atomic mass is 10.1. The third-order valence-corrected chi connectivity index (χ3v) is 6.32. The van der Waals surface area contributed by atoms with E-state index in [1.54, 1.807) is 42.2 Å². The third-order valence-electron chi connectivity index (χ3n) is 4.91. The Morgan fingerprint density at radius 1 is 1.19 bits per heavy atom. The molecule has 0 spiro atoms. The zero-order chi connectivity index (χ0) is 23.5. The van der Waals surface area contributed by atoms with Gasteiger partial charge >= 0.3 is 5.97 Å². The van der Waals surface area contributed by atoms with E-state index >= 15 is 0 Å². The monoisotopic (exact) mass is 458 g/mol. The van der Waals surface area contributed by atoms with E-state index in [-0.39, 0.29) is 34.4 Å². The molecule has 1 N–H and O–H groups in total. The van der Waals surface area contributed by atoms with E-state index in [0.717, 1.165) is 0 Å². The zero-order valence-electron chi connectivity index (χ0n) is 18.4. The summed E-state index contributed by atoms with van der Waals surface area (Å²) < 4.78 is 37.8. The van der Waals surface area contributed by atoms with E-state index < -0.39 is 16.0 Å². The van der Waals surface area contributed by atoms with E-state index in [1.807, 2.05) is 13.8 Å². The number of sulfonamides is 1. The molecule has 1 aromatic carbocycles. The smallest absolute Gasteiger partial charge is 0.340 e. The molecule has 1 aromatic heterocycles. The number of carbonyl (C=O) groups excluding carboxylic acids is 2. The van der Waals surface area contributed by atoms with Crippen molar-refractivity contribution in [3.8, 4) is 0 Å². The average Bonchev–Trinajstić information content (AvgIpc) is 3.31. The molecular weight excluding hydrogens is 432 g/mol. The fourth-order valence-electron chi connectivity index (χ4n) is 3.37. The molecule has 8 nitrogen and oxygen atoms in total. The van der Waals surface area contributed by atoms with Gasteiger partial charge in [-0.1, -0.05) is 32.0 Å². The first-order chi connectivity index (χ1) is 15.1. The Labute approximate surface area is 187 Å². The molecule has 0 saturated heterocycles. The molecule has 2 aromatic rings. The Kier molecular flexibility index (Phi) is 7.00. The second kappa shape index (κ2) is 9.54. The minimum Gasteiger partial charge on any atom is -0.465 e. The fraction of sp³-hybridized carbons (Fsp3) is 0.304. The highest BCUT2D eigenvalue weighted by Crippen LogP contribution is 2.32. The number of ether oxygens (including phenoxy) is 1. The van der Waals surface area contributed by atoms with Gasteiger partial charge in [0.25, 0.3) is 5.91 Å². The summed E-state index contributed by atoms with van der Waals surface area (Å²) in [6, 6.07) is 11.2. The van der Waals surface area contributed by atoms with Gasteiger partial charge in [0.2, 0.25) is 10.0 Å². The summed E-state index contributed by atoms with van der Waals surface area (Å²) >= 11 is 0. The van der Waals surface area contributed by atoms with Crippen molar-refractivity contribution in [3.63, 3.8) is 0 Å². The van der Waals surface area contributed by atoms with Crippen LogP contribution in [0.25, 0.3) is 6.08 Å². The molecule has 9 heteroatoms. The van der Waals surface area contributed by atoms with Crippen molar-refractivity contribution < 1.29 is 27.2 Å². The maximum Gasteiger partial charge on any atom is 0.340 e. The summed E-state index contributed by atoms with van der Waals surface area (Å²) in [5, 5.41) is 0. The Bertz CT molecular complexity index is 1180. The number of carbonyl (C=O) groups is 2. The Hall–Kier alpha value is -3.17. The maximum atomic E-state index is 13.0. The SMILES string of the molecule is COC(=O)C1=C(C)N(CC(C)C)C(=O)/C1=C/c1ccc(CNS(=O)(=O)c2ccccc2)o1. The molecule has 0 fully saturated rings. The van der Waals surface area contributed by atoms with E-state index in [1.165, 1.54) is 25.3 Å². The summed E-state index contributed by atoms with van der Waals surface area (Å²) in [6.07, 6.45) is 1.48. The molecule has 32 heavy (non-hydrogen) atoms. The van der Waals surface area contributed by atoms with Gasteiger partial charge in [0.1, 0.15) is 11.5 Å². The number of nitrogens with one attached hydrogen (secondary N) is 1. The summed E-state index contributed by atoms with van der Waals surface area (Å²) in [5.74, 6) is -0.0147. The molecule has 1 amide bonds. The van der Waals surface area contributed by atoms with Gasteiger partial charge in [-0.05, 0) is 43.2 Å². The Balaban J connectivity index is 1.82. The van der Waals surface area contributed by atoms with Crippen LogP contribution in [0.15, 0.2) is 68.6 Å². The number of allylic oxidation sites excluding steroid dienone is 1. The number of furan rings is 1. The van der Waals surface area contributed by atoms with Crippen molar-refractivity contribution in [1.29, 1.82) is 0 Å². The number of hydrogen-bond donors (Lipinski definition) is 1. The molecule has 1 aliphatic heterocycles. The van der Waals surface area contributed by atoms with E-state index in [9.17, 15) is 18.0 Å². The number of rotatable bonds is 8. The quantitative estimate of drug-likeness (QED) is 0.481. The molecule has 0 bridgehead atoms. The molecule has 0 aliphatic carbocycles. The van der Waals surface area contributed by atoms with Crippen LogP contribution in [-0.2, 0) is 30.9 Å². The normalized spacial score (nSPS) is 15.8. The van der Waals surface area contributed by atoms with Gasteiger partial charge in [0, 0.05) is 12.2 Å². The topological polar surface area (TPSA) is 106 Å². The van der Waals surface area contributed by atoms with Crippen LogP contribution in [0.1, 0.15) is 32.3 Å². The van der Waals surface area contributed by atoms with Crippen LogP contribution in [0.4, 0.5) is 0 Å². The lowest BCUT2D eigenvalue weighted by Crippen LogP contribution is -2.28. The van der Waals surface area contributed by atoms with Crippen molar-refractivity contribution >= 4 is 28.0 Å². The van der Waals surface area contributed by atoms with Crippen molar-refractivity contribution in [3.05, 3.63) is 70.8 Å². The van der Waals surface area contributed by atoms with E-state index in [2.05, 4.69) is 4.72 Å². The second-order valence-corrected chi connectivity index (χ2v) is 9.53. The van der Waals surface area contributed by atoms with Crippen LogP contribution in [0.2, 0.25) is 0 Å². The molecule has 2 heterocycles. The zero-order valence-corrected chi connectivity index (χ0v) is 19.2. The van der Waals surface area contributed by atoms with Crippen molar-refractivity contribution in [2.45, 2.75) is 32.2 Å². The number of nitrogens with zero attached hydrogens (tertiary/aromatic N) is 1. The Morgan fingerprint density at radius 3 is 2.50 bits per heavy atom. The van der Waals surface area contributed by atoms with Crippen LogP contribution >= 0.6 is 0 Å². The molecule has 3 rings (SSSR count). The van der Waals surface area contributed by atoms with E-state index in [0.29, 0.717) is 23.8 Å². The van der Waals surface area contributed by atoms with E-state index in [4.69, 9.17) is 9.15 Å². The Morgan fingerprint density at radius 2 is 1.88 bits per heavy atom. The van der Waals surface area contributed by atoms with Gasteiger partial charge in [0.15, 0.2) is 0 Å². The van der Waals surface area contributed by atoms with Gasteiger partial charge in [-0.15, -0.1) is 0 Å². The summed E-state index contributed by atoms with van der Waals surface area (Å²) in [7, 11) is -2.42. The van der Waals surface area contributed by atoms with Crippen LogP contribution in [0, 0.1) is 5.92 Å². The predicted octanol–water partition coefficient (Wildman–Crippen LogP) is 3.09. The lowest BCUT2D eigenvalue weighted by molar-refractivity contribution is -0.136. The highest BCUT2D eigenvalue weighted by Gasteiger charge is 2.37.